The minimum Gasteiger partial charge on any atom is -0.464 e. The van der Waals surface area contributed by atoms with Gasteiger partial charge in [0.05, 0.1) is 23.1 Å². The SMILES string of the molecule is COC(=O)c1c(N)/c(=C\c2ccccc2F)c2n1C(=O)C(c1ccccc1F)SC=2C(N)=O. The Balaban J connectivity index is 2.13. The number of aromatic nitrogens is 1. The Kier molecular flexibility index (Phi) is 5.77. The molecule has 1 aliphatic rings. The first-order valence-corrected chi connectivity index (χ1v) is 10.5. The molecule has 4 rings (SSSR count). The molecule has 0 saturated carbocycles. The molecule has 3 aromatic rings. The quantitative estimate of drug-likeness (QED) is 0.562. The fourth-order valence-electron chi connectivity index (χ4n) is 3.64. The summed E-state index contributed by atoms with van der Waals surface area (Å²) in [5.74, 6) is -3.87. The monoisotopic (exact) mass is 469 g/mol. The number of fused-ring (bicyclic) bond motifs is 1. The summed E-state index contributed by atoms with van der Waals surface area (Å²) in [5, 5.41) is -1.26. The molecule has 1 atom stereocenters. The van der Waals surface area contributed by atoms with Gasteiger partial charge >= 0.3 is 5.97 Å². The van der Waals surface area contributed by atoms with Crippen LogP contribution in [0.3, 0.4) is 0 Å². The lowest BCUT2D eigenvalue weighted by Crippen LogP contribution is -2.43. The van der Waals surface area contributed by atoms with Gasteiger partial charge in [0.1, 0.15) is 16.9 Å². The van der Waals surface area contributed by atoms with Crippen LogP contribution in [-0.4, -0.2) is 29.5 Å². The predicted molar refractivity (Wildman–Crippen MR) is 119 cm³/mol. The molecule has 10 heteroatoms. The van der Waals surface area contributed by atoms with Crippen LogP contribution in [0.1, 0.15) is 31.7 Å². The van der Waals surface area contributed by atoms with E-state index in [1.807, 2.05) is 0 Å². The molecule has 1 aromatic heterocycles. The van der Waals surface area contributed by atoms with E-state index in [0.29, 0.717) is 0 Å². The molecule has 0 fully saturated rings. The highest BCUT2D eigenvalue weighted by Gasteiger charge is 2.38. The number of rotatable bonds is 4. The first-order chi connectivity index (χ1) is 15.8. The number of thioether (sulfide) groups is 1. The van der Waals surface area contributed by atoms with Crippen LogP contribution in [-0.2, 0) is 9.53 Å². The van der Waals surface area contributed by atoms with E-state index in [1.54, 1.807) is 6.07 Å². The van der Waals surface area contributed by atoms with Crippen molar-refractivity contribution in [2.75, 3.05) is 12.8 Å². The molecule has 4 N–H and O–H groups in total. The number of anilines is 1. The molecule has 7 nitrogen and oxygen atoms in total. The fourth-order valence-corrected chi connectivity index (χ4v) is 4.83. The standard InChI is InChI=1S/C23H17F2N3O4S/c1-32-23(31)18-16(26)13(10-11-6-2-4-8-14(11)24)17-20(21(27)29)33-19(22(30)28(17)18)12-7-3-5-9-15(12)25/h2-10,19H,26H2,1H3,(H2,27,29)/b13-10+. The maximum atomic E-state index is 14.5. The van der Waals surface area contributed by atoms with Gasteiger partial charge in [0.25, 0.3) is 5.91 Å². The van der Waals surface area contributed by atoms with E-state index in [4.69, 9.17) is 16.2 Å². The van der Waals surface area contributed by atoms with Crippen LogP contribution < -0.4 is 22.0 Å². The van der Waals surface area contributed by atoms with Crippen molar-refractivity contribution in [1.82, 2.24) is 4.57 Å². The third-order valence-corrected chi connectivity index (χ3v) is 6.46. The molecule has 0 radical (unpaired) electrons. The minimum atomic E-state index is -1.22. The van der Waals surface area contributed by atoms with E-state index in [2.05, 4.69) is 0 Å². The molecule has 0 saturated heterocycles. The van der Waals surface area contributed by atoms with E-state index in [0.717, 1.165) is 23.4 Å². The molecule has 1 aliphatic heterocycles. The third kappa shape index (κ3) is 3.68. The second kappa shape index (κ2) is 8.55. The molecule has 2 aromatic carbocycles. The van der Waals surface area contributed by atoms with Crippen LogP contribution >= 0.6 is 11.8 Å². The van der Waals surface area contributed by atoms with Crippen molar-refractivity contribution in [2.24, 2.45) is 5.73 Å². The van der Waals surface area contributed by atoms with Crippen LogP contribution in [0.5, 0.6) is 0 Å². The van der Waals surface area contributed by atoms with Crippen molar-refractivity contribution in [3.8, 4) is 0 Å². The largest absolute Gasteiger partial charge is 0.464 e. The molecule has 0 aliphatic carbocycles. The highest BCUT2D eigenvalue weighted by atomic mass is 32.2. The molecule has 33 heavy (non-hydrogen) atoms. The number of nitrogen functional groups attached to an aromatic ring is 1. The lowest BCUT2D eigenvalue weighted by atomic mass is 10.1. The first kappa shape index (κ1) is 22.3. The van der Waals surface area contributed by atoms with Gasteiger partial charge in [-0.05, 0) is 18.2 Å². The van der Waals surface area contributed by atoms with Crippen molar-refractivity contribution >= 4 is 46.2 Å². The number of benzene rings is 2. The number of nitrogens with zero attached hydrogens (tertiary/aromatic N) is 1. The van der Waals surface area contributed by atoms with E-state index in [9.17, 15) is 23.2 Å². The number of hydrogen-bond donors (Lipinski definition) is 2. The van der Waals surface area contributed by atoms with Gasteiger partial charge in [-0.15, -0.1) is 0 Å². The van der Waals surface area contributed by atoms with Crippen molar-refractivity contribution in [1.29, 1.82) is 0 Å². The summed E-state index contributed by atoms with van der Waals surface area (Å²) in [7, 11) is 1.09. The van der Waals surface area contributed by atoms with Crippen molar-refractivity contribution < 1.29 is 27.9 Å². The Morgan fingerprint density at radius 2 is 1.73 bits per heavy atom. The Morgan fingerprint density at radius 3 is 2.33 bits per heavy atom. The fraction of sp³-hybridized carbons (Fsp3) is 0.0870. The summed E-state index contributed by atoms with van der Waals surface area (Å²) in [4.78, 5) is 38.4. The van der Waals surface area contributed by atoms with E-state index >= 15 is 0 Å². The topological polar surface area (TPSA) is 117 Å². The van der Waals surface area contributed by atoms with Gasteiger partial charge in [-0.2, -0.15) is 0 Å². The number of esters is 1. The summed E-state index contributed by atoms with van der Waals surface area (Å²) in [5.41, 5.74) is 11.4. The van der Waals surface area contributed by atoms with Crippen molar-refractivity contribution in [3.05, 3.63) is 87.6 Å². The van der Waals surface area contributed by atoms with Gasteiger partial charge in [0, 0.05) is 16.3 Å². The Bertz CT molecular complexity index is 1450. The average molecular weight is 469 g/mol. The summed E-state index contributed by atoms with van der Waals surface area (Å²) < 4.78 is 34.6. The molecule has 1 unspecified atom stereocenters. The van der Waals surface area contributed by atoms with Crippen LogP contribution in [0.2, 0.25) is 0 Å². The summed E-state index contributed by atoms with van der Waals surface area (Å²) in [6, 6.07) is 11.3. The zero-order valence-corrected chi connectivity index (χ0v) is 18.0. The Labute approximate surface area is 190 Å². The molecule has 2 heterocycles. The molecule has 168 valence electrons. The number of primary amides is 1. The van der Waals surface area contributed by atoms with Crippen molar-refractivity contribution in [3.63, 3.8) is 0 Å². The molecular weight excluding hydrogens is 452 g/mol. The third-order valence-electron chi connectivity index (χ3n) is 5.14. The van der Waals surface area contributed by atoms with Gasteiger partial charge in [-0.3, -0.25) is 14.2 Å². The lowest BCUT2D eigenvalue weighted by Gasteiger charge is -2.23. The maximum absolute atomic E-state index is 14.5. The summed E-state index contributed by atoms with van der Waals surface area (Å²) in [6.45, 7) is 0. The number of amides is 1. The number of halogens is 2. The smallest absolute Gasteiger partial charge is 0.357 e. The zero-order chi connectivity index (χ0) is 23.9. The highest BCUT2D eigenvalue weighted by Crippen LogP contribution is 2.39. The highest BCUT2D eigenvalue weighted by molar-refractivity contribution is 8.10. The number of hydrogen-bond acceptors (Lipinski definition) is 6. The predicted octanol–water partition coefficient (Wildman–Crippen LogP) is 1.69. The molecule has 0 bridgehead atoms. The summed E-state index contributed by atoms with van der Waals surface area (Å²) >= 11 is 0.738. The van der Waals surface area contributed by atoms with Crippen molar-refractivity contribution in [2.45, 2.75) is 5.25 Å². The second-order valence-corrected chi connectivity index (χ2v) is 8.18. The lowest BCUT2D eigenvalue weighted by molar-refractivity contribution is -0.112. The maximum Gasteiger partial charge on any atom is 0.357 e. The molecular formula is C23H17F2N3O4S. The Morgan fingerprint density at radius 1 is 1.09 bits per heavy atom. The van der Waals surface area contributed by atoms with Crippen LogP contribution in [0, 0.1) is 11.6 Å². The van der Waals surface area contributed by atoms with Crippen LogP contribution in [0.25, 0.3) is 11.0 Å². The minimum absolute atomic E-state index is 0.000351. The van der Waals surface area contributed by atoms with Gasteiger partial charge in [0.15, 0.2) is 5.69 Å². The summed E-state index contributed by atoms with van der Waals surface area (Å²) in [6.07, 6.45) is 1.31. The van der Waals surface area contributed by atoms with E-state index < -0.39 is 34.7 Å². The second-order valence-electron chi connectivity index (χ2n) is 7.07. The molecule has 1 amide bonds. The van der Waals surface area contributed by atoms with E-state index in [1.165, 1.54) is 48.5 Å². The average Bonchev–Trinajstić information content (AvgIpc) is 3.08. The number of methoxy groups -OCH3 is 1. The number of ether oxygens (including phenoxy) is 1. The first-order valence-electron chi connectivity index (χ1n) is 9.60. The van der Waals surface area contributed by atoms with Gasteiger partial charge in [-0.1, -0.05) is 48.2 Å². The number of carbonyl (C=O) groups excluding carboxylic acids is 3. The molecule has 0 spiro atoms. The normalized spacial score (nSPS) is 16.0. The Hall–Kier alpha value is -3.92. The number of carbonyl (C=O) groups is 3. The van der Waals surface area contributed by atoms with Gasteiger partial charge in [-0.25, -0.2) is 13.6 Å². The van der Waals surface area contributed by atoms with Gasteiger partial charge < -0.3 is 16.2 Å². The number of nitrogens with two attached hydrogens (primary N) is 2. The van der Waals surface area contributed by atoms with Crippen LogP contribution in [0.15, 0.2) is 48.5 Å². The van der Waals surface area contributed by atoms with E-state index in [-0.39, 0.29) is 38.0 Å². The zero-order valence-electron chi connectivity index (χ0n) is 17.2. The van der Waals surface area contributed by atoms with Crippen LogP contribution in [0.4, 0.5) is 14.5 Å². The van der Waals surface area contributed by atoms with Gasteiger partial charge in [0.2, 0.25) is 5.91 Å².